The number of benzene rings is 1. The Hall–Kier alpha value is -4.37. The SMILES string of the molecule is C=CN/C(=C\C)CN1C[C@@H](CC2=CCC=CC=C2)N(C(=O)Cc2ccccn2)Cc2cc(C#N)ccc21. The van der Waals surface area contributed by atoms with Crippen LogP contribution in [0.1, 0.15) is 36.6 Å². The van der Waals surface area contributed by atoms with Gasteiger partial charge in [-0.05, 0) is 67.4 Å². The van der Waals surface area contributed by atoms with Crippen molar-refractivity contribution in [3.05, 3.63) is 120 Å². The molecular formula is C31H33N5O. The zero-order valence-electron chi connectivity index (χ0n) is 21.3. The summed E-state index contributed by atoms with van der Waals surface area (Å²) in [5.74, 6) is 0.0330. The van der Waals surface area contributed by atoms with Gasteiger partial charge < -0.3 is 15.1 Å². The molecule has 2 aliphatic rings. The summed E-state index contributed by atoms with van der Waals surface area (Å²) in [6.45, 7) is 7.54. The summed E-state index contributed by atoms with van der Waals surface area (Å²) in [7, 11) is 0. The number of carbonyl (C=O) groups excluding carboxylic acids is 1. The van der Waals surface area contributed by atoms with Gasteiger partial charge in [0.25, 0.3) is 0 Å². The third-order valence-electron chi connectivity index (χ3n) is 6.68. The standard InChI is InChI=1S/C31H33N5O/c1-3-27(33-4-2)22-35-23-29(18-24-11-7-5-6-8-12-24)36(31(37)19-28-13-9-10-16-34-28)21-26-17-25(20-32)14-15-30(26)35/h3-7,9-17,29,33H,2,8,18-19,21-23H2,1H3/b27-3-/t29-/m1/s1. The smallest absolute Gasteiger partial charge is 0.229 e. The van der Waals surface area contributed by atoms with Crippen LogP contribution >= 0.6 is 0 Å². The van der Waals surface area contributed by atoms with Gasteiger partial charge in [-0.25, -0.2) is 0 Å². The van der Waals surface area contributed by atoms with Crippen molar-refractivity contribution in [2.45, 2.75) is 38.8 Å². The van der Waals surface area contributed by atoms with Crippen LogP contribution in [0.2, 0.25) is 0 Å². The predicted molar refractivity (Wildman–Crippen MR) is 148 cm³/mol. The fourth-order valence-corrected chi connectivity index (χ4v) is 4.83. The highest BCUT2D eigenvalue weighted by molar-refractivity contribution is 5.79. The second kappa shape index (κ2) is 12.5. The maximum Gasteiger partial charge on any atom is 0.229 e. The number of hydrogen-bond acceptors (Lipinski definition) is 5. The van der Waals surface area contributed by atoms with Crippen molar-refractivity contribution in [2.24, 2.45) is 0 Å². The lowest BCUT2D eigenvalue weighted by Crippen LogP contribution is -2.46. The van der Waals surface area contributed by atoms with Gasteiger partial charge in [0.05, 0.1) is 30.6 Å². The van der Waals surface area contributed by atoms with Crippen LogP contribution < -0.4 is 10.2 Å². The van der Waals surface area contributed by atoms with E-state index in [0.717, 1.165) is 35.5 Å². The van der Waals surface area contributed by atoms with Gasteiger partial charge in [-0.15, -0.1) is 0 Å². The first-order valence-corrected chi connectivity index (χ1v) is 12.6. The Labute approximate surface area is 219 Å². The van der Waals surface area contributed by atoms with E-state index >= 15 is 0 Å². The molecule has 0 bridgehead atoms. The van der Waals surface area contributed by atoms with Crippen molar-refractivity contribution in [1.82, 2.24) is 15.2 Å². The van der Waals surface area contributed by atoms with Crippen LogP contribution in [-0.4, -0.2) is 34.9 Å². The zero-order valence-corrected chi connectivity index (χ0v) is 21.3. The van der Waals surface area contributed by atoms with Crippen molar-refractivity contribution in [1.29, 1.82) is 5.26 Å². The van der Waals surface area contributed by atoms with Gasteiger partial charge in [-0.1, -0.05) is 49.1 Å². The van der Waals surface area contributed by atoms with Crippen molar-refractivity contribution < 1.29 is 4.79 Å². The molecule has 1 N–H and O–H groups in total. The number of allylic oxidation sites excluding steroid dienone is 6. The van der Waals surface area contributed by atoms with E-state index in [1.165, 1.54) is 5.57 Å². The first-order chi connectivity index (χ1) is 18.1. The minimum absolute atomic E-state index is 0.0330. The zero-order chi connectivity index (χ0) is 26.0. The summed E-state index contributed by atoms with van der Waals surface area (Å²) in [6, 6.07) is 13.6. The highest BCUT2D eigenvalue weighted by Crippen LogP contribution is 2.31. The van der Waals surface area contributed by atoms with Crippen molar-refractivity contribution in [3.63, 3.8) is 0 Å². The molecule has 1 aromatic carbocycles. The summed E-state index contributed by atoms with van der Waals surface area (Å²) in [6.07, 6.45) is 17.9. The molecule has 1 aliphatic heterocycles. The third kappa shape index (κ3) is 6.65. The van der Waals surface area contributed by atoms with E-state index in [4.69, 9.17) is 0 Å². The van der Waals surface area contributed by atoms with E-state index < -0.39 is 0 Å². The van der Waals surface area contributed by atoms with E-state index in [1.54, 1.807) is 12.4 Å². The second-order valence-corrected chi connectivity index (χ2v) is 9.18. The monoisotopic (exact) mass is 491 g/mol. The Morgan fingerprint density at radius 3 is 2.95 bits per heavy atom. The van der Waals surface area contributed by atoms with E-state index in [-0.39, 0.29) is 18.4 Å². The lowest BCUT2D eigenvalue weighted by molar-refractivity contribution is -0.133. The quantitative estimate of drug-likeness (QED) is 0.551. The lowest BCUT2D eigenvalue weighted by atomic mass is 10.0. The van der Waals surface area contributed by atoms with Gasteiger partial charge >= 0.3 is 0 Å². The maximum absolute atomic E-state index is 13.8. The van der Waals surface area contributed by atoms with Crippen LogP contribution in [0.3, 0.4) is 0 Å². The van der Waals surface area contributed by atoms with Crippen molar-refractivity contribution in [2.75, 3.05) is 18.0 Å². The number of fused-ring (bicyclic) bond motifs is 1. The number of aromatic nitrogens is 1. The molecular weight excluding hydrogens is 458 g/mol. The van der Waals surface area contributed by atoms with Crippen LogP contribution in [-0.2, 0) is 17.8 Å². The van der Waals surface area contributed by atoms with Crippen molar-refractivity contribution >= 4 is 11.6 Å². The molecule has 0 unspecified atom stereocenters. The Bertz CT molecular complexity index is 1280. The highest BCUT2D eigenvalue weighted by atomic mass is 16.2. The lowest BCUT2D eigenvalue weighted by Gasteiger charge is -2.33. The number of rotatable bonds is 8. The fraction of sp³-hybridized carbons (Fsp3) is 0.258. The van der Waals surface area contributed by atoms with Gasteiger partial charge in [-0.2, -0.15) is 5.26 Å². The van der Waals surface area contributed by atoms with Crippen LogP contribution in [0, 0.1) is 11.3 Å². The van der Waals surface area contributed by atoms with E-state index in [9.17, 15) is 10.1 Å². The molecule has 0 fully saturated rings. The van der Waals surface area contributed by atoms with Crippen molar-refractivity contribution in [3.8, 4) is 6.07 Å². The van der Waals surface area contributed by atoms with Gasteiger partial charge in [0.1, 0.15) is 0 Å². The molecule has 1 atom stereocenters. The average Bonchev–Trinajstić information content (AvgIpc) is 3.26. The first-order valence-electron chi connectivity index (χ1n) is 12.6. The minimum Gasteiger partial charge on any atom is -0.364 e. The number of nitriles is 1. The minimum atomic E-state index is -0.0648. The topological polar surface area (TPSA) is 72.3 Å². The molecule has 37 heavy (non-hydrogen) atoms. The normalized spacial score (nSPS) is 17.2. The Morgan fingerprint density at radius 2 is 2.19 bits per heavy atom. The Balaban J connectivity index is 1.73. The molecule has 1 amide bonds. The molecule has 6 heteroatoms. The highest BCUT2D eigenvalue weighted by Gasteiger charge is 2.32. The number of anilines is 1. The number of nitrogens with zero attached hydrogens (tertiary/aromatic N) is 4. The number of nitrogens with one attached hydrogen (secondary N) is 1. The second-order valence-electron chi connectivity index (χ2n) is 9.18. The van der Waals surface area contributed by atoms with Gasteiger partial charge in [-0.3, -0.25) is 9.78 Å². The van der Waals surface area contributed by atoms with Gasteiger partial charge in [0, 0.05) is 36.4 Å². The predicted octanol–water partition coefficient (Wildman–Crippen LogP) is 5.18. The molecule has 6 nitrogen and oxygen atoms in total. The first kappa shape index (κ1) is 25.7. The van der Waals surface area contributed by atoms with Gasteiger partial charge in [0.2, 0.25) is 5.91 Å². The summed E-state index contributed by atoms with van der Waals surface area (Å²) >= 11 is 0. The summed E-state index contributed by atoms with van der Waals surface area (Å²) in [4.78, 5) is 22.5. The number of hydrogen-bond donors (Lipinski definition) is 1. The molecule has 0 radical (unpaired) electrons. The molecule has 0 saturated carbocycles. The molecule has 0 saturated heterocycles. The van der Waals surface area contributed by atoms with E-state index in [0.29, 0.717) is 25.2 Å². The van der Waals surface area contributed by atoms with E-state index in [1.807, 2.05) is 54.3 Å². The fourth-order valence-electron chi connectivity index (χ4n) is 4.83. The van der Waals surface area contributed by atoms with Crippen LogP contribution in [0.25, 0.3) is 0 Å². The van der Waals surface area contributed by atoms with Crippen LogP contribution in [0.15, 0.2) is 103 Å². The molecule has 2 aromatic rings. The third-order valence-corrected chi connectivity index (χ3v) is 6.68. The molecule has 1 aliphatic carbocycles. The molecule has 188 valence electrons. The number of pyridine rings is 1. The van der Waals surface area contributed by atoms with Crippen LogP contribution in [0.4, 0.5) is 5.69 Å². The summed E-state index contributed by atoms with van der Waals surface area (Å²) in [5, 5.41) is 12.8. The molecule has 2 heterocycles. The largest absolute Gasteiger partial charge is 0.364 e. The van der Waals surface area contributed by atoms with E-state index in [2.05, 4.69) is 58.2 Å². The Kier molecular flexibility index (Phi) is 8.72. The molecule has 4 rings (SSSR count). The summed E-state index contributed by atoms with van der Waals surface area (Å²) < 4.78 is 0. The van der Waals surface area contributed by atoms with Crippen LogP contribution in [0.5, 0.6) is 0 Å². The Morgan fingerprint density at radius 1 is 1.30 bits per heavy atom. The van der Waals surface area contributed by atoms with Gasteiger partial charge in [0.15, 0.2) is 0 Å². The average molecular weight is 492 g/mol. The number of amides is 1. The molecule has 1 aromatic heterocycles. The number of carbonyl (C=O) groups is 1. The molecule has 0 spiro atoms. The summed E-state index contributed by atoms with van der Waals surface area (Å²) in [5.41, 5.74) is 5.58. The maximum atomic E-state index is 13.8.